The lowest BCUT2D eigenvalue weighted by Gasteiger charge is -1.91. The lowest BCUT2D eigenvalue weighted by molar-refractivity contribution is 0.169. The Labute approximate surface area is 47.8 Å². The van der Waals surface area contributed by atoms with Crippen molar-refractivity contribution in [2.24, 2.45) is 0 Å². The van der Waals surface area contributed by atoms with E-state index in [0.29, 0.717) is 0 Å². The van der Waals surface area contributed by atoms with Crippen molar-refractivity contribution in [3.05, 3.63) is 25.1 Å². The molecule has 1 heterocycles. The molecule has 0 spiro atoms. The quantitative estimate of drug-likeness (QED) is 0.525. The molecule has 43 valence electrons. The summed E-state index contributed by atoms with van der Waals surface area (Å²) in [5.74, 6) is 0. The smallest absolute Gasteiger partial charge is 0.153 e. The minimum Gasteiger partial charge on any atom is -0.393 e. The molecule has 8 heavy (non-hydrogen) atoms. The van der Waals surface area contributed by atoms with Crippen LogP contribution in [0.5, 0.6) is 0 Å². The first-order valence-corrected chi connectivity index (χ1v) is 2.26. The van der Waals surface area contributed by atoms with Gasteiger partial charge in [-0.05, 0) is 12.5 Å². The molecule has 3 heteroatoms. The van der Waals surface area contributed by atoms with Crippen LogP contribution in [0.3, 0.4) is 0 Å². The highest BCUT2D eigenvalue weighted by molar-refractivity contribution is 4.98. The van der Waals surface area contributed by atoms with Crippen LogP contribution in [-0.2, 0) is 0 Å². The van der Waals surface area contributed by atoms with Gasteiger partial charge in [-0.15, -0.1) is 9.94 Å². The number of rotatable bonds is 1. The second kappa shape index (κ2) is 1.86. The zero-order valence-electron chi connectivity index (χ0n) is 4.66. The van der Waals surface area contributed by atoms with Gasteiger partial charge in [0.1, 0.15) is 0 Å². The minimum atomic E-state index is 1.06. The molecule has 1 aromatic rings. The van der Waals surface area contributed by atoms with Gasteiger partial charge >= 0.3 is 0 Å². The molecule has 0 atom stereocenters. The Hall–Kier alpha value is -0.990. The van der Waals surface area contributed by atoms with Crippen LogP contribution >= 0.6 is 0 Å². The van der Waals surface area contributed by atoms with Gasteiger partial charge in [-0.3, -0.25) is 0 Å². The normalized spacial score (nSPS) is 9.25. The van der Waals surface area contributed by atoms with Crippen LogP contribution in [0.15, 0.2) is 12.4 Å². The van der Waals surface area contributed by atoms with Crippen molar-refractivity contribution in [2.75, 3.05) is 0 Å². The third-order valence-corrected chi connectivity index (χ3v) is 0.822. The van der Waals surface area contributed by atoms with Crippen molar-refractivity contribution in [3.63, 3.8) is 0 Å². The second-order valence-corrected chi connectivity index (χ2v) is 1.55. The van der Waals surface area contributed by atoms with E-state index in [1.54, 1.807) is 12.4 Å². The predicted molar refractivity (Wildman–Crippen MR) is 28.9 cm³/mol. The standard InChI is InChI=1S/C5H7N2O/c1-5-3-6-7(4-5)8-2/h3-4H,2H2,1H3. The Kier molecular flexibility index (Phi) is 1.20. The highest BCUT2D eigenvalue weighted by atomic mass is 16.7. The van der Waals surface area contributed by atoms with Crippen LogP contribution in [-0.4, -0.2) is 9.94 Å². The molecule has 0 fully saturated rings. The highest BCUT2D eigenvalue weighted by Crippen LogP contribution is 1.89. The maximum atomic E-state index is 4.49. The van der Waals surface area contributed by atoms with Crippen LogP contribution in [0.25, 0.3) is 0 Å². The van der Waals surface area contributed by atoms with Gasteiger partial charge in [0.2, 0.25) is 0 Å². The van der Waals surface area contributed by atoms with Gasteiger partial charge in [-0.1, -0.05) is 0 Å². The zero-order chi connectivity index (χ0) is 5.98. The number of aromatic nitrogens is 2. The average molecular weight is 111 g/mol. The van der Waals surface area contributed by atoms with Crippen LogP contribution in [0.1, 0.15) is 5.56 Å². The molecule has 0 aliphatic rings. The lowest BCUT2D eigenvalue weighted by atomic mass is 10.4. The van der Waals surface area contributed by atoms with E-state index < -0.39 is 0 Å². The number of aryl methyl sites for hydroxylation is 1. The molecule has 0 aliphatic heterocycles. The van der Waals surface area contributed by atoms with Gasteiger partial charge in [0.15, 0.2) is 7.11 Å². The van der Waals surface area contributed by atoms with E-state index in [-0.39, 0.29) is 0 Å². The van der Waals surface area contributed by atoms with Crippen molar-refractivity contribution in [2.45, 2.75) is 6.92 Å². The molecule has 1 aromatic heterocycles. The summed E-state index contributed by atoms with van der Waals surface area (Å²) in [6.07, 6.45) is 3.44. The van der Waals surface area contributed by atoms with Gasteiger partial charge in [-0.2, -0.15) is 0 Å². The molecule has 1 rings (SSSR count). The van der Waals surface area contributed by atoms with Crippen LogP contribution in [0.4, 0.5) is 0 Å². The van der Waals surface area contributed by atoms with E-state index in [1.807, 2.05) is 6.92 Å². The molecule has 0 saturated heterocycles. The fourth-order valence-electron chi connectivity index (χ4n) is 0.459. The largest absolute Gasteiger partial charge is 0.393 e. The number of hydrogen-bond donors (Lipinski definition) is 0. The Morgan fingerprint density at radius 1 is 1.88 bits per heavy atom. The van der Waals surface area contributed by atoms with Crippen LogP contribution in [0, 0.1) is 14.0 Å². The summed E-state index contributed by atoms with van der Waals surface area (Å²) in [6, 6.07) is 0. The van der Waals surface area contributed by atoms with Crippen molar-refractivity contribution < 1.29 is 4.84 Å². The first-order chi connectivity index (χ1) is 3.83. The minimum absolute atomic E-state index is 1.06. The van der Waals surface area contributed by atoms with E-state index >= 15 is 0 Å². The summed E-state index contributed by atoms with van der Waals surface area (Å²) < 4.78 is 0. The maximum Gasteiger partial charge on any atom is 0.153 e. The summed E-state index contributed by atoms with van der Waals surface area (Å²) >= 11 is 0. The molecule has 0 bridgehead atoms. The average Bonchev–Trinajstić information content (AvgIpc) is 2.14. The molecule has 0 saturated carbocycles. The van der Waals surface area contributed by atoms with Crippen molar-refractivity contribution in [1.29, 1.82) is 0 Å². The summed E-state index contributed by atoms with van der Waals surface area (Å²) in [7, 11) is 3.17. The van der Waals surface area contributed by atoms with E-state index in [9.17, 15) is 0 Å². The van der Waals surface area contributed by atoms with Crippen LogP contribution in [0.2, 0.25) is 0 Å². The predicted octanol–water partition coefficient (Wildman–Crippen LogP) is 0.412. The Balaban J connectivity index is 2.84. The Morgan fingerprint density at radius 3 is 2.88 bits per heavy atom. The van der Waals surface area contributed by atoms with Gasteiger partial charge in [0.05, 0.1) is 12.4 Å². The topological polar surface area (TPSA) is 27.1 Å². The summed E-state index contributed by atoms with van der Waals surface area (Å²) in [4.78, 5) is 5.79. The fourth-order valence-corrected chi connectivity index (χ4v) is 0.459. The highest BCUT2D eigenvalue weighted by Gasteiger charge is 1.87. The molecule has 0 amide bonds. The van der Waals surface area contributed by atoms with E-state index in [1.165, 1.54) is 4.85 Å². The lowest BCUT2D eigenvalue weighted by Crippen LogP contribution is -2.02. The second-order valence-electron chi connectivity index (χ2n) is 1.55. The Bertz CT molecular complexity index is 171. The van der Waals surface area contributed by atoms with Gasteiger partial charge in [0.25, 0.3) is 0 Å². The number of hydrogen-bond acceptors (Lipinski definition) is 2. The molecule has 0 aromatic carbocycles. The van der Waals surface area contributed by atoms with Crippen LogP contribution < -0.4 is 4.84 Å². The number of nitrogens with zero attached hydrogens (tertiary/aromatic N) is 2. The monoisotopic (exact) mass is 111 g/mol. The van der Waals surface area contributed by atoms with E-state index in [0.717, 1.165) is 5.56 Å². The summed E-state index contributed by atoms with van der Waals surface area (Å²) in [5, 5.41) is 3.77. The molecule has 3 nitrogen and oxygen atoms in total. The van der Waals surface area contributed by atoms with Crippen molar-refractivity contribution >= 4 is 0 Å². The zero-order valence-corrected chi connectivity index (χ0v) is 4.66. The molecule has 0 unspecified atom stereocenters. The first-order valence-electron chi connectivity index (χ1n) is 2.26. The summed E-state index contributed by atoms with van der Waals surface area (Å²) in [6.45, 7) is 1.93. The molecule has 0 aliphatic carbocycles. The first kappa shape index (κ1) is 5.15. The Morgan fingerprint density at radius 2 is 2.62 bits per heavy atom. The maximum absolute atomic E-state index is 4.49. The summed E-state index contributed by atoms with van der Waals surface area (Å²) in [5.41, 5.74) is 1.06. The third-order valence-electron chi connectivity index (χ3n) is 0.822. The third kappa shape index (κ3) is 0.804. The van der Waals surface area contributed by atoms with Gasteiger partial charge < -0.3 is 4.84 Å². The van der Waals surface area contributed by atoms with Crippen molar-refractivity contribution in [1.82, 2.24) is 9.94 Å². The molecule has 0 N–H and O–H groups in total. The van der Waals surface area contributed by atoms with E-state index in [2.05, 4.69) is 17.0 Å². The van der Waals surface area contributed by atoms with E-state index in [4.69, 9.17) is 0 Å². The SMILES string of the molecule is [CH2]On1cc(C)cn1. The fraction of sp³-hybridized carbons (Fsp3) is 0.200. The molecular weight excluding hydrogens is 104 g/mol. The van der Waals surface area contributed by atoms with Crippen molar-refractivity contribution in [3.8, 4) is 0 Å². The molecule has 1 radical (unpaired) electrons. The van der Waals surface area contributed by atoms with Gasteiger partial charge in [-0.25, -0.2) is 0 Å². The molecular formula is C5H7N2O. The van der Waals surface area contributed by atoms with Gasteiger partial charge in [0, 0.05) is 0 Å².